The molecule has 5 rings (SSSR count). The van der Waals surface area contributed by atoms with Gasteiger partial charge in [-0.25, -0.2) is 10.4 Å². The molecule has 9 atom stereocenters. The summed E-state index contributed by atoms with van der Waals surface area (Å²) in [5.41, 5.74) is 6.86. The second kappa shape index (κ2) is 12.9. The van der Waals surface area contributed by atoms with Crippen molar-refractivity contribution >= 4 is 5.91 Å². The number of alkyl halides is 2. The predicted molar refractivity (Wildman–Crippen MR) is 164 cm³/mol. The molecule has 1 aromatic rings. The molecule has 3 heterocycles. The number of primary amides is 1. The standard InChI is InChI=1S/C23H38N4.C9H13F2NO6/c1-16-14-21-15-17(2)27-19(4)25(5)24-23(27)18(3)22(16)26(21)13-9-12-20-10-7-6-8-11-20;1-2-6(14)4(5(12)13)3-7(15,16)8(10,11)9(6,17)18/h6-8,10-11,16-19,21-24H,9,12-15H2,1-5H3;2,4,14-18H,1,3H2,(H2,12,13). The zero-order valence-corrected chi connectivity index (χ0v) is 26.9. The molecule has 0 aromatic heterocycles. The van der Waals surface area contributed by atoms with Crippen molar-refractivity contribution in [2.45, 2.75) is 113 Å². The van der Waals surface area contributed by atoms with E-state index in [1.807, 2.05) is 0 Å². The average Bonchev–Trinajstić information content (AvgIpc) is 3.45. The SMILES string of the molecule is C=CC1(O)C(C(N)=O)CC(O)(O)C(F)(F)C1(O)O.CC1CC2CC(C)N3C(NN(C)C3C)C(C)C1N2CCCc1ccccc1. The molecule has 3 saturated heterocycles. The van der Waals surface area contributed by atoms with Crippen LogP contribution < -0.4 is 11.2 Å². The van der Waals surface area contributed by atoms with Gasteiger partial charge < -0.3 is 31.3 Å². The second-order valence-electron chi connectivity index (χ2n) is 13.6. The Hall–Kier alpha value is -2.07. The fraction of sp³-hybridized carbons (Fsp3) is 0.719. The Morgan fingerprint density at radius 3 is 2.29 bits per heavy atom. The van der Waals surface area contributed by atoms with Crippen molar-refractivity contribution in [3.05, 3.63) is 48.6 Å². The molecule has 4 aliphatic rings. The van der Waals surface area contributed by atoms with E-state index in [1.165, 1.54) is 37.8 Å². The summed E-state index contributed by atoms with van der Waals surface area (Å²) in [4.78, 5) is 16.7. The van der Waals surface area contributed by atoms with Crippen LogP contribution in [0.3, 0.4) is 0 Å². The number of nitrogens with two attached hydrogens (primary N) is 1. The van der Waals surface area contributed by atoms with E-state index in [9.17, 15) is 28.9 Å². The van der Waals surface area contributed by atoms with Crippen molar-refractivity contribution in [2.75, 3.05) is 13.6 Å². The van der Waals surface area contributed by atoms with Crippen molar-refractivity contribution in [3.63, 3.8) is 0 Å². The van der Waals surface area contributed by atoms with E-state index in [0.29, 0.717) is 36.4 Å². The van der Waals surface area contributed by atoms with E-state index >= 15 is 0 Å². The summed E-state index contributed by atoms with van der Waals surface area (Å²) in [6.45, 7) is 13.9. The number of carbonyl (C=O) groups is 1. The van der Waals surface area contributed by atoms with Gasteiger partial charge in [-0.3, -0.25) is 14.6 Å². The quantitative estimate of drug-likeness (QED) is 0.176. The van der Waals surface area contributed by atoms with Crippen LogP contribution in [0.2, 0.25) is 0 Å². The number of hydrogen-bond donors (Lipinski definition) is 7. The number of hydrogen-bond acceptors (Lipinski definition) is 10. The lowest BCUT2D eigenvalue weighted by molar-refractivity contribution is -0.457. The molecular weight excluding hydrogens is 588 g/mol. The molecule has 8 N–H and O–H groups in total. The zero-order valence-electron chi connectivity index (χ0n) is 26.9. The highest BCUT2D eigenvalue weighted by Crippen LogP contribution is 2.53. The van der Waals surface area contributed by atoms with E-state index in [4.69, 9.17) is 15.9 Å². The van der Waals surface area contributed by atoms with Crippen LogP contribution in [0.5, 0.6) is 0 Å². The third-order valence-electron chi connectivity index (χ3n) is 10.8. The van der Waals surface area contributed by atoms with Crippen molar-refractivity contribution in [1.82, 2.24) is 20.2 Å². The number of rotatable bonds is 6. The molecule has 1 amide bonds. The first kappa shape index (κ1) is 35.8. The van der Waals surface area contributed by atoms with E-state index in [0.717, 1.165) is 12.0 Å². The summed E-state index contributed by atoms with van der Waals surface area (Å²) in [6, 6.07) is 13.1. The number of aryl methyl sites for hydroxylation is 1. The minimum atomic E-state index is -4.94. The Bertz CT molecular complexity index is 1210. The molecule has 45 heavy (non-hydrogen) atoms. The summed E-state index contributed by atoms with van der Waals surface area (Å²) < 4.78 is 27.0. The molecule has 1 aromatic carbocycles. The van der Waals surface area contributed by atoms with Crippen LogP contribution in [-0.4, -0.2) is 113 Å². The highest BCUT2D eigenvalue weighted by molar-refractivity contribution is 5.79. The van der Waals surface area contributed by atoms with Crippen LogP contribution in [0.1, 0.15) is 58.9 Å². The fourth-order valence-corrected chi connectivity index (χ4v) is 8.26. The predicted octanol–water partition coefficient (Wildman–Crippen LogP) is 0.956. The van der Waals surface area contributed by atoms with Gasteiger partial charge in [-0.2, -0.15) is 8.78 Å². The number of nitrogens with zero attached hydrogens (tertiary/aromatic N) is 3. The van der Waals surface area contributed by atoms with Gasteiger partial charge in [0, 0.05) is 37.5 Å². The van der Waals surface area contributed by atoms with Crippen molar-refractivity contribution < 1.29 is 39.1 Å². The van der Waals surface area contributed by atoms with Gasteiger partial charge in [0.05, 0.1) is 18.2 Å². The molecule has 11 nitrogen and oxygen atoms in total. The number of carbonyl (C=O) groups excluding carboxylic acids is 1. The highest BCUT2D eigenvalue weighted by Gasteiger charge is 2.79. The number of nitrogens with one attached hydrogen (secondary N) is 1. The van der Waals surface area contributed by atoms with Gasteiger partial charge in [-0.1, -0.05) is 50.3 Å². The van der Waals surface area contributed by atoms with E-state index in [2.05, 4.69) is 91.9 Å². The lowest BCUT2D eigenvalue weighted by Gasteiger charge is -2.53. The first-order chi connectivity index (χ1) is 20.8. The summed E-state index contributed by atoms with van der Waals surface area (Å²) in [7, 11) is 2.20. The van der Waals surface area contributed by atoms with Gasteiger partial charge in [0.1, 0.15) is 0 Å². The number of hydrazine groups is 1. The number of amides is 1. The molecule has 1 aliphatic carbocycles. The third kappa shape index (κ3) is 6.07. The Morgan fingerprint density at radius 1 is 1.09 bits per heavy atom. The number of aliphatic hydroxyl groups is 5. The molecule has 2 bridgehead atoms. The summed E-state index contributed by atoms with van der Waals surface area (Å²) in [6.07, 6.45) is 4.98. The summed E-state index contributed by atoms with van der Waals surface area (Å²) in [5, 5.41) is 49.0. The van der Waals surface area contributed by atoms with Gasteiger partial charge in [0.25, 0.3) is 5.79 Å². The molecule has 1 saturated carbocycles. The lowest BCUT2D eigenvalue weighted by Crippen LogP contribution is -2.79. The third-order valence-corrected chi connectivity index (χ3v) is 10.8. The van der Waals surface area contributed by atoms with Crippen molar-refractivity contribution in [2.24, 2.45) is 23.5 Å². The topological polar surface area (TPSA) is 166 Å². The maximum atomic E-state index is 13.5. The van der Waals surface area contributed by atoms with E-state index in [1.54, 1.807) is 0 Å². The first-order valence-corrected chi connectivity index (χ1v) is 15.8. The van der Waals surface area contributed by atoms with Crippen molar-refractivity contribution in [1.29, 1.82) is 0 Å². The first-order valence-electron chi connectivity index (χ1n) is 15.8. The average molecular weight is 640 g/mol. The molecule has 4 fully saturated rings. The Morgan fingerprint density at radius 2 is 1.71 bits per heavy atom. The Kier molecular flexibility index (Phi) is 10.2. The fourth-order valence-electron chi connectivity index (χ4n) is 8.26. The van der Waals surface area contributed by atoms with Crippen molar-refractivity contribution in [3.8, 4) is 0 Å². The summed E-state index contributed by atoms with van der Waals surface area (Å²) >= 11 is 0. The highest BCUT2D eigenvalue weighted by atomic mass is 19.3. The maximum absolute atomic E-state index is 13.5. The second-order valence-corrected chi connectivity index (χ2v) is 13.6. The Labute approximate surface area is 264 Å². The number of fused-ring (bicyclic) bond motifs is 3. The summed E-state index contributed by atoms with van der Waals surface area (Å²) in [5.74, 6) is -15.3. The zero-order chi connectivity index (χ0) is 33.7. The van der Waals surface area contributed by atoms with Gasteiger partial charge >= 0.3 is 5.92 Å². The normalized spacial score (nSPS) is 39.2. The molecule has 0 spiro atoms. The monoisotopic (exact) mass is 639 g/mol. The van der Waals surface area contributed by atoms with Crippen LogP contribution in [0.15, 0.2) is 43.0 Å². The largest absolute Gasteiger partial charge is 0.379 e. The minimum Gasteiger partial charge on any atom is -0.379 e. The molecule has 0 radical (unpaired) electrons. The molecular formula is C32H51F2N5O6. The van der Waals surface area contributed by atoms with Crippen LogP contribution in [0.25, 0.3) is 0 Å². The Balaban J connectivity index is 0.000000224. The molecule has 13 heteroatoms. The smallest absolute Gasteiger partial charge is 0.355 e. The number of benzene rings is 1. The van der Waals surface area contributed by atoms with E-state index < -0.39 is 41.3 Å². The maximum Gasteiger partial charge on any atom is 0.355 e. The lowest BCUT2D eigenvalue weighted by atomic mass is 9.66. The van der Waals surface area contributed by atoms with E-state index in [-0.39, 0.29) is 0 Å². The van der Waals surface area contributed by atoms with Gasteiger partial charge in [0.15, 0.2) is 5.60 Å². The van der Waals surface area contributed by atoms with Gasteiger partial charge in [0.2, 0.25) is 11.7 Å². The van der Waals surface area contributed by atoms with Crippen LogP contribution in [0.4, 0.5) is 8.78 Å². The van der Waals surface area contributed by atoms with Crippen LogP contribution >= 0.6 is 0 Å². The van der Waals surface area contributed by atoms with Gasteiger partial charge in [-0.05, 0) is 57.6 Å². The molecule has 3 aliphatic heterocycles. The molecule has 9 unspecified atom stereocenters. The minimum absolute atomic E-state index is 0.297. The van der Waals surface area contributed by atoms with Crippen LogP contribution in [-0.2, 0) is 11.2 Å². The number of halogens is 2. The van der Waals surface area contributed by atoms with Gasteiger partial charge in [-0.15, -0.1) is 6.58 Å². The molecule has 254 valence electrons. The van der Waals surface area contributed by atoms with Crippen LogP contribution in [0, 0.1) is 17.8 Å².